The molecule has 0 aromatic heterocycles. The highest BCUT2D eigenvalue weighted by Gasteiger charge is 2.42. The minimum atomic E-state index is -1.09. The maximum atomic E-state index is 14.3. The Hall–Kier alpha value is -8.26. The molecule has 1 aliphatic carbocycles. The van der Waals surface area contributed by atoms with Crippen molar-refractivity contribution in [3.63, 3.8) is 0 Å². The van der Waals surface area contributed by atoms with Crippen LogP contribution in [0, 0.1) is 17.3 Å². The van der Waals surface area contributed by atoms with E-state index in [2.05, 4.69) is 37.2 Å². The number of ether oxygens (including phenoxy) is 3. The second kappa shape index (κ2) is 29.6. The minimum Gasteiger partial charge on any atom is -0.463 e. The van der Waals surface area contributed by atoms with Crippen LogP contribution < -0.4 is 43.0 Å². The molecule has 4 aromatic rings. The van der Waals surface area contributed by atoms with Gasteiger partial charge in [0.15, 0.2) is 0 Å². The molecule has 0 radical (unpaired) electrons. The van der Waals surface area contributed by atoms with Gasteiger partial charge in [0.25, 0.3) is 0 Å². The highest BCUT2D eigenvalue weighted by Crippen LogP contribution is 2.44. The van der Waals surface area contributed by atoms with E-state index >= 15 is 0 Å². The summed E-state index contributed by atoms with van der Waals surface area (Å²) in [7, 11) is 3.33. The van der Waals surface area contributed by atoms with Gasteiger partial charge in [-0.3, -0.25) is 24.5 Å². The summed E-state index contributed by atoms with van der Waals surface area (Å²) in [6.07, 6.45) is 0.578. The van der Waals surface area contributed by atoms with Crippen molar-refractivity contribution in [3.05, 3.63) is 131 Å². The average molecular weight is 1140 g/mol. The molecule has 0 aliphatic heterocycles. The van der Waals surface area contributed by atoms with Crippen LogP contribution in [0.4, 0.5) is 25.8 Å². The number of alkyl carbamates (subject to hydrolysis) is 1. The standard InChI is InChI=1S/C63H85N9O11/c1-14-81-58(77)39(6)33-50(37(2)3)72(13)57(76)53(62(7,8)9)71-56(75)52(65-12)63(10,11)41-21-19-22-43(34-41)68-60(79)82-35-40-28-30-42(31-29-40)67-54(73)49(27-20-32-66-59(64)78)69-55(74)51(38(4)5)70-61(80)83-36-48-46-25-17-15-23-44(46)45-24-16-18-26-47(45)48/h15-19,21-26,28-31,33-34,37-38,48-53,65H,14,20,27,32,35-36H2,1-13H3,(H,67,73)(H,68,79)(H,69,74)(H,70,80)(H,71,75)(H3,64,66,78)/b39-33+/t49-,50+,51-,52-,53+/m0/s1. The second-order valence-corrected chi connectivity index (χ2v) is 23.2. The number of nitrogens with two attached hydrogens (primary N) is 1. The van der Waals surface area contributed by atoms with Crippen LogP contribution in [0.5, 0.6) is 0 Å². The number of primary amides is 1. The number of hydrogen-bond acceptors (Lipinski definition) is 12. The first kappa shape index (κ1) is 65.5. The van der Waals surface area contributed by atoms with Crippen molar-refractivity contribution in [1.29, 1.82) is 0 Å². The van der Waals surface area contributed by atoms with E-state index in [9.17, 15) is 38.4 Å². The summed E-state index contributed by atoms with van der Waals surface area (Å²) in [5.74, 6) is -3.02. The summed E-state index contributed by atoms with van der Waals surface area (Å²) in [5.41, 5.74) is 10.4. The lowest BCUT2D eigenvalue weighted by atomic mass is 9.76. The Balaban J connectivity index is 1.18. The average Bonchev–Trinajstić information content (AvgIpc) is 2.77. The number of carbonyl (C=O) groups is 8. The molecule has 20 nitrogen and oxygen atoms in total. The SMILES string of the molecule is CCOC(=O)/C(C)=C/[C@H](C(C)C)N(C)C(=O)[C@@H](NC(=O)[C@H](NC)C(C)(C)c1cccc(NC(=O)OCc2ccc(NC(=O)[C@H](CCCNC(N)=O)NC(=O)[C@@H](NC(=O)OCC3c4ccccc4-c4ccccc43)C(C)C)cc2)c1)C(C)(C)C. The van der Waals surface area contributed by atoms with E-state index < -0.39 is 88.9 Å². The maximum Gasteiger partial charge on any atom is 0.411 e. The molecule has 0 saturated carbocycles. The Morgan fingerprint density at radius 2 is 1.31 bits per heavy atom. The minimum absolute atomic E-state index is 0.0467. The fraction of sp³-hybridized carbons (Fsp3) is 0.460. The fourth-order valence-electron chi connectivity index (χ4n) is 10.1. The van der Waals surface area contributed by atoms with Crippen LogP contribution in [0.2, 0.25) is 0 Å². The summed E-state index contributed by atoms with van der Waals surface area (Å²) < 4.78 is 16.5. The van der Waals surface area contributed by atoms with Gasteiger partial charge in [-0.2, -0.15) is 0 Å². The molecule has 83 heavy (non-hydrogen) atoms. The van der Waals surface area contributed by atoms with Crippen molar-refractivity contribution in [2.45, 2.75) is 137 Å². The Morgan fingerprint density at radius 3 is 1.88 bits per heavy atom. The number of likely N-dealkylation sites (N-methyl/N-ethyl adjacent to an activating group) is 2. The molecular weight excluding hydrogens is 1060 g/mol. The molecule has 9 N–H and O–H groups in total. The van der Waals surface area contributed by atoms with E-state index in [0.29, 0.717) is 28.1 Å². The zero-order chi connectivity index (χ0) is 61.3. The Labute approximate surface area is 488 Å². The smallest absolute Gasteiger partial charge is 0.411 e. The van der Waals surface area contributed by atoms with Gasteiger partial charge in [-0.25, -0.2) is 19.2 Å². The van der Waals surface area contributed by atoms with Gasteiger partial charge in [-0.1, -0.05) is 141 Å². The summed E-state index contributed by atoms with van der Waals surface area (Å²) in [6.45, 7) is 20.5. The largest absolute Gasteiger partial charge is 0.463 e. The second-order valence-electron chi connectivity index (χ2n) is 23.2. The van der Waals surface area contributed by atoms with Crippen LogP contribution in [0.1, 0.15) is 117 Å². The van der Waals surface area contributed by atoms with Gasteiger partial charge in [0.2, 0.25) is 23.6 Å². The van der Waals surface area contributed by atoms with Gasteiger partial charge in [-0.05, 0) is 109 Å². The number of anilines is 2. The fourth-order valence-corrected chi connectivity index (χ4v) is 10.1. The van der Waals surface area contributed by atoms with Crippen LogP contribution >= 0.6 is 0 Å². The lowest BCUT2D eigenvalue weighted by Crippen LogP contribution is -2.61. The quantitative estimate of drug-likeness (QED) is 0.0128. The number of rotatable bonds is 26. The van der Waals surface area contributed by atoms with Gasteiger partial charge in [0.1, 0.15) is 31.3 Å². The van der Waals surface area contributed by atoms with E-state index in [1.807, 2.05) is 103 Å². The molecule has 0 unspecified atom stereocenters. The third-order valence-electron chi connectivity index (χ3n) is 14.8. The number of urea groups is 1. The highest BCUT2D eigenvalue weighted by molar-refractivity contribution is 5.98. The Morgan fingerprint density at radius 1 is 0.687 bits per heavy atom. The van der Waals surface area contributed by atoms with Gasteiger partial charge in [0.05, 0.1) is 18.7 Å². The third kappa shape index (κ3) is 17.9. The summed E-state index contributed by atoms with van der Waals surface area (Å²) in [6, 6.07) is 24.3. The number of esters is 1. The van der Waals surface area contributed by atoms with Gasteiger partial charge >= 0.3 is 24.2 Å². The van der Waals surface area contributed by atoms with Crippen LogP contribution in [0.25, 0.3) is 11.1 Å². The van der Waals surface area contributed by atoms with E-state index in [1.54, 1.807) is 95.2 Å². The molecule has 4 aromatic carbocycles. The van der Waals surface area contributed by atoms with E-state index in [0.717, 1.165) is 22.3 Å². The molecule has 0 heterocycles. The molecular formula is C63H85N9O11. The first-order valence-electron chi connectivity index (χ1n) is 28.2. The van der Waals surface area contributed by atoms with Crippen molar-refractivity contribution in [2.75, 3.05) is 44.5 Å². The van der Waals surface area contributed by atoms with Gasteiger partial charge in [0, 0.05) is 41.9 Å². The lowest BCUT2D eigenvalue weighted by Gasteiger charge is -2.40. The van der Waals surface area contributed by atoms with Crippen LogP contribution in [0.15, 0.2) is 109 Å². The predicted octanol–water partition coefficient (Wildman–Crippen LogP) is 8.26. The number of fused-ring (bicyclic) bond motifs is 3. The Bertz CT molecular complexity index is 2920. The summed E-state index contributed by atoms with van der Waals surface area (Å²) in [4.78, 5) is 108. The topological polar surface area (TPSA) is 278 Å². The highest BCUT2D eigenvalue weighted by atomic mass is 16.6. The maximum absolute atomic E-state index is 14.3. The van der Waals surface area contributed by atoms with Crippen LogP contribution in [-0.2, 0) is 50.2 Å². The Kier molecular flexibility index (Phi) is 23.4. The summed E-state index contributed by atoms with van der Waals surface area (Å²) >= 11 is 0. The molecule has 1 aliphatic rings. The normalized spacial score (nSPS) is 14.1. The van der Waals surface area contributed by atoms with E-state index in [1.165, 1.54) is 0 Å². The molecule has 0 fully saturated rings. The number of benzene rings is 4. The first-order chi connectivity index (χ1) is 39.2. The van der Waals surface area contributed by atoms with E-state index in [-0.39, 0.29) is 57.0 Å². The zero-order valence-corrected chi connectivity index (χ0v) is 50.2. The molecule has 8 amide bonds. The molecule has 0 spiro atoms. The van der Waals surface area contributed by atoms with Crippen LogP contribution in [-0.4, -0.2) is 117 Å². The molecule has 5 rings (SSSR count). The molecule has 0 bridgehead atoms. The number of nitrogens with zero attached hydrogens (tertiary/aromatic N) is 1. The monoisotopic (exact) mass is 1140 g/mol. The number of nitrogens with one attached hydrogen (secondary N) is 7. The van der Waals surface area contributed by atoms with Crippen molar-refractivity contribution >= 4 is 59.2 Å². The van der Waals surface area contributed by atoms with Crippen molar-refractivity contribution in [2.24, 2.45) is 23.0 Å². The third-order valence-corrected chi connectivity index (χ3v) is 14.8. The number of hydrogen-bond donors (Lipinski definition) is 8. The zero-order valence-electron chi connectivity index (χ0n) is 50.2. The van der Waals surface area contributed by atoms with E-state index in [4.69, 9.17) is 19.9 Å². The molecule has 448 valence electrons. The van der Waals surface area contributed by atoms with Gasteiger partial charge in [-0.15, -0.1) is 0 Å². The molecule has 0 saturated heterocycles. The first-order valence-corrected chi connectivity index (χ1v) is 28.2. The predicted molar refractivity (Wildman–Crippen MR) is 320 cm³/mol. The van der Waals surface area contributed by atoms with Crippen molar-refractivity contribution in [3.8, 4) is 11.1 Å². The van der Waals surface area contributed by atoms with Crippen molar-refractivity contribution in [1.82, 2.24) is 31.5 Å². The van der Waals surface area contributed by atoms with Crippen molar-refractivity contribution < 1.29 is 52.6 Å². The van der Waals surface area contributed by atoms with Crippen LogP contribution in [0.3, 0.4) is 0 Å². The molecule has 20 heteroatoms. The lowest BCUT2D eigenvalue weighted by molar-refractivity contribution is -0.141. The van der Waals surface area contributed by atoms with Gasteiger partial charge < -0.3 is 56.7 Å². The molecule has 5 atom stereocenters. The number of carbonyl (C=O) groups excluding carboxylic acids is 8. The summed E-state index contributed by atoms with van der Waals surface area (Å²) in [5, 5.41) is 19.7. The number of amides is 8.